The van der Waals surface area contributed by atoms with E-state index in [-0.39, 0.29) is 0 Å². The standard InChI is InChI=1S/C12H26O.CH4N2O/c1-2-3-4-5-6-7-8-9-10-11-12-13;2-1(3)4/h13H,2-12H2,1H3;(H4,2,3,4). The van der Waals surface area contributed by atoms with Crippen molar-refractivity contribution in [2.24, 2.45) is 11.5 Å². The Kier molecular flexibility index (Phi) is 19.3. The number of urea groups is 1. The first kappa shape index (κ1) is 18.6. The second-order valence-corrected chi connectivity index (χ2v) is 4.31. The van der Waals surface area contributed by atoms with Crippen LogP contribution >= 0.6 is 0 Å². The first-order chi connectivity index (χ1) is 8.15. The third-order valence-electron chi connectivity index (χ3n) is 2.51. The molecule has 2 amide bonds. The lowest BCUT2D eigenvalue weighted by Gasteiger charge is -2.00. The van der Waals surface area contributed by atoms with Gasteiger partial charge in [-0.15, -0.1) is 0 Å². The summed E-state index contributed by atoms with van der Waals surface area (Å²) in [6, 6.07) is -0.833. The average Bonchev–Trinajstić information content (AvgIpc) is 2.26. The number of amides is 2. The highest BCUT2D eigenvalue weighted by Crippen LogP contribution is 2.09. The number of unbranched alkanes of at least 4 members (excludes halogenated alkanes) is 9. The van der Waals surface area contributed by atoms with Gasteiger partial charge in [0.2, 0.25) is 0 Å². The molecule has 104 valence electrons. The number of aliphatic hydroxyl groups excluding tert-OH is 1. The largest absolute Gasteiger partial charge is 0.396 e. The third kappa shape index (κ3) is 31.3. The zero-order chi connectivity index (χ0) is 13.4. The van der Waals surface area contributed by atoms with Gasteiger partial charge in [0.05, 0.1) is 0 Å². The third-order valence-corrected chi connectivity index (χ3v) is 2.51. The van der Waals surface area contributed by atoms with Crippen molar-refractivity contribution in [3.8, 4) is 0 Å². The summed E-state index contributed by atoms with van der Waals surface area (Å²) in [4.78, 5) is 9.00. The minimum absolute atomic E-state index is 0.372. The molecule has 0 saturated heterocycles. The Morgan fingerprint density at radius 3 is 1.41 bits per heavy atom. The highest BCUT2D eigenvalue weighted by Gasteiger charge is 1.91. The van der Waals surface area contributed by atoms with E-state index in [0.717, 1.165) is 6.42 Å². The number of carbonyl (C=O) groups is 1. The van der Waals surface area contributed by atoms with Crippen molar-refractivity contribution in [1.82, 2.24) is 0 Å². The summed E-state index contributed by atoms with van der Waals surface area (Å²) >= 11 is 0. The molecular formula is C13H30N2O2. The Balaban J connectivity index is 0. The number of carbonyl (C=O) groups excluding carboxylic acids is 1. The van der Waals surface area contributed by atoms with Gasteiger partial charge in [-0.05, 0) is 6.42 Å². The van der Waals surface area contributed by atoms with Gasteiger partial charge in [-0.2, -0.15) is 0 Å². The molecule has 0 aliphatic rings. The molecule has 0 fully saturated rings. The highest BCUT2D eigenvalue weighted by molar-refractivity contribution is 5.69. The van der Waals surface area contributed by atoms with E-state index in [1.54, 1.807) is 0 Å². The normalized spacial score (nSPS) is 9.53. The molecule has 0 aromatic heterocycles. The molecule has 0 aromatic carbocycles. The molecule has 5 N–H and O–H groups in total. The van der Waals surface area contributed by atoms with Crippen LogP contribution in [0.25, 0.3) is 0 Å². The molecule has 0 aliphatic heterocycles. The summed E-state index contributed by atoms with van der Waals surface area (Å²) in [7, 11) is 0. The quantitative estimate of drug-likeness (QED) is 0.517. The first-order valence-electron chi connectivity index (χ1n) is 6.80. The highest BCUT2D eigenvalue weighted by atomic mass is 16.2. The fourth-order valence-corrected chi connectivity index (χ4v) is 1.60. The van der Waals surface area contributed by atoms with Crippen LogP contribution in [0, 0.1) is 0 Å². The topological polar surface area (TPSA) is 89.3 Å². The predicted molar refractivity (Wildman–Crippen MR) is 72.7 cm³/mol. The Hall–Kier alpha value is -0.770. The van der Waals surface area contributed by atoms with Crippen molar-refractivity contribution in [2.45, 2.75) is 71.1 Å². The Labute approximate surface area is 106 Å². The molecule has 0 spiro atoms. The van der Waals surface area contributed by atoms with Gasteiger partial charge in [0.15, 0.2) is 0 Å². The van der Waals surface area contributed by atoms with Crippen LogP contribution in [0.1, 0.15) is 71.1 Å². The van der Waals surface area contributed by atoms with Gasteiger partial charge < -0.3 is 16.6 Å². The van der Waals surface area contributed by atoms with Crippen molar-refractivity contribution < 1.29 is 9.90 Å². The molecule has 4 heteroatoms. The van der Waals surface area contributed by atoms with Crippen molar-refractivity contribution in [1.29, 1.82) is 0 Å². The zero-order valence-corrected chi connectivity index (χ0v) is 11.3. The lowest BCUT2D eigenvalue weighted by molar-refractivity contribution is 0.256. The van der Waals surface area contributed by atoms with E-state index in [1.807, 2.05) is 0 Å². The molecule has 0 heterocycles. The second kappa shape index (κ2) is 17.6. The Bertz CT molecular complexity index is 138. The summed E-state index contributed by atoms with van der Waals surface area (Å²) in [6.07, 6.45) is 13.3. The first-order valence-corrected chi connectivity index (χ1v) is 6.80. The molecule has 17 heavy (non-hydrogen) atoms. The molecule has 0 aliphatic carbocycles. The van der Waals surface area contributed by atoms with Gasteiger partial charge in [-0.3, -0.25) is 0 Å². The second-order valence-electron chi connectivity index (χ2n) is 4.31. The number of primary amides is 2. The maximum absolute atomic E-state index is 9.00. The van der Waals surface area contributed by atoms with E-state index in [1.165, 1.54) is 57.8 Å². The molecule has 0 saturated carbocycles. The lowest BCUT2D eigenvalue weighted by Crippen LogP contribution is -2.18. The van der Waals surface area contributed by atoms with Crippen molar-refractivity contribution in [3.05, 3.63) is 0 Å². The maximum Gasteiger partial charge on any atom is 0.309 e. The fourth-order valence-electron chi connectivity index (χ4n) is 1.60. The number of hydrogen-bond donors (Lipinski definition) is 3. The SMILES string of the molecule is CCCCCCCCCCCCO.NC(N)=O. The van der Waals surface area contributed by atoms with Crippen LogP contribution in [-0.4, -0.2) is 17.7 Å². The van der Waals surface area contributed by atoms with E-state index in [2.05, 4.69) is 18.4 Å². The van der Waals surface area contributed by atoms with Crippen LogP contribution in [0.15, 0.2) is 0 Å². The molecular weight excluding hydrogens is 216 g/mol. The smallest absolute Gasteiger partial charge is 0.309 e. The van der Waals surface area contributed by atoms with Gasteiger partial charge >= 0.3 is 6.03 Å². The number of rotatable bonds is 10. The van der Waals surface area contributed by atoms with Crippen molar-refractivity contribution in [2.75, 3.05) is 6.61 Å². The Morgan fingerprint density at radius 2 is 1.12 bits per heavy atom. The molecule has 0 unspecified atom stereocenters. The van der Waals surface area contributed by atoms with Crippen LogP contribution < -0.4 is 11.5 Å². The summed E-state index contributed by atoms with van der Waals surface area (Å²) < 4.78 is 0. The predicted octanol–water partition coefficient (Wildman–Crippen LogP) is 2.92. The minimum atomic E-state index is -0.833. The van der Waals surface area contributed by atoms with Gasteiger partial charge in [0, 0.05) is 6.61 Å². The number of nitrogens with two attached hydrogens (primary N) is 2. The van der Waals surface area contributed by atoms with Gasteiger partial charge in [0.1, 0.15) is 0 Å². The van der Waals surface area contributed by atoms with Crippen LogP contribution in [0.4, 0.5) is 4.79 Å². The van der Waals surface area contributed by atoms with Crippen molar-refractivity contribution >= 4 is 6.03 Å². The average molecular weight is 246 g/mol. The molecule has 4 nitrogen and oxygen atoms in total. The molecule has 0 bridgehead atoms. The van der Waals surface area contributed by atoms with Crippen LogP contribution in [0.3, 0.4) is 0 Å². The molecule has 0 radical (unpaired) electrons. The minimum Gasteiger partial charge on any atom is -0.396 e. The van der Waals surface area contributed by atoms with Gasteiger partial charge in [-0.1, -0.05) is 64.7 Å². The van der Waals surface area contributed by atoms with Crippen LogP contribution in [-0.2, 0) is 0 Å². The van der Waals surface area contributed by atoms with E-state index >= 15 is 0 Å². The van der Waals surface area contributed by atoms with Gasteiger partial charge in [0.25, 0.3) is 0 Å². The Morgan fingerprint density at radius 1 is 0.824 bits per heavy atom. The zero-order valence-electron chi connectivity index (χ0n) is 11.3. The summed E-state index contributed by atoms with van der Waals surface area (Å²) in [5.41, 5.74) is 8.50. The van der Waals surface area contributed by atoms with E-state index in [0.29, 0.717) is 6.61 Å². The monoisotopic (exact) mass is 246 g/mol. The lowest BCUT2D eigenvalue weighted by atomic mass is 10.1. The van der Waals surface area contributed by atoms with E-state index < -0.39 is 6.03 Å². The maximum atomic E-state index is 9.00. The van der Waals surface area contributed by atoms with Crippen LogP contribution in [0.5, 0.6) is 0 Å². The van der Waals surface area contributed by atoms with E-state index in [4.69, 9.17) is 9.90 Å². The van der Waals surface area contributed by atoms with Crippen LogP contribution in [0.2, 0.25) is 0 Å². The molecule has 0 rings (SSSR count). The summed E-state index contributed by atoms with van der Waals surface area (Å²) in [5.74, 6) is 0. The van der Waals surface area contributed by atoms with E-state index in [9.17, 15) is 0 Å². The molecule has 0 atom stereocenters. The molecule has 0 aromatic rings. The number of aliphatic hydroxyl groups is 1. The van der Waals surface area contributed by atoms with Crippen molar-refractivity contribution in [3.63, 3.8) is 0 Å². The number of hydrogen-bond acceptors (Lipinski definition) is 2. The fraction of sp³-hybridized carbons (Fsp3) is 0.923. The van der Waals surface area contributed by atoms with Gasteiger partial charge in [-0.25, -0.2) is 4.79 Å². The summed E-state index contributed by atoms with van der Waals surface area (Å²) in [6.45, 7) is 2.63. The summed E-state index contributed by atoms with van der Waals surface area (Å²) in [5, 5.41) is 8.57.